The van der Waals surface area contributed by atoms with E-state index in [1.807, 2.05) is 0 Å². The van der Waals surface area contributed by atoms with Gasteiger partial charge in [0.1, 0.15) is 0 Å². The second-order valence-corrected chi connectivity index (χ2v) is 4.49. The highest BCUT2D eigenvalue weighted by molar-refractivity contribution is 6.30. The molecule has 1 amide bonds. The molecule has 0 aliphatic carbocycles. The van der Waals surface area contributed by atoms with Crippen LogP contribution in [-0.2, 0) is 0 Å². The second kappa shape index (κ2) is 6.62. The number of rotatable bonds is 4. The Kier molecular flexibility index (Phi) is 4.63. The van der Waals surface area contributed by atoms with Crippen LogP contribution in [0.4, 0.5) is 5.69 Å². The molecule has 0 fully saturated rings. The Morgan fingerprint density at radius 1 is 1.14 bits per heavy atom. The number of hydrazone groups is 1. The first-order valence-electron chi connectivity index (χ1n) is 5.90. The van der Waals surface area contributed by atoms with E-state index < -0.39 is 10.8 Å². The van der Waals surface area contributed by atoms with Crippen LogP contribution in [0, 0.1) is 10.1 Å². The summed E-state index contributed by atoms with van der Waals surface area (Å²) in [6, 6.07) is 12.2. The molecule has 0 heterocycles. The minimum Gasteiger partial charge on any atom is -0.267 e. The molecule has 0 aromatic heterocycles. The molecule has 0 saturated carbocycles. The smallest absolute Gasteiger partial charge is 0.267 e. The van der Waals surface area contributed by atoms with Gasteiger partial charge in [-0.25, -0.2) is 5.43 Å². The lowest BCUT2D eigenvalue weighted by atomic mass is 10.2. The molecule has 7 heteroatoms. The molecule has 0 unspecified atom stereocenters. The zero-order chi connectivity index (χ0) is 15.2. The van der Waals surface area contributed by atoms with Gasteiger partial charge in [-0.1, -0.05) is 23.7 Å². The number of non-ortho nitro benzene ring substituents is 1. The normalized spacial score (nSPS) is 10.5. The van der Waals surface area contributed by atoms with Gasteiger partial charge in [-0.15, -0.1) is 0 Å². The van der Waals surface area contributed by atoms with Crippen molar-refractivity contribution in [1.29, 1.82) is 0 Å². The molecule has 0 aliphatic heterocycles. The Morgan fingerprint density at radius 2 is 1.76 bits per heavy atom. The first kappa shape index (κ1) is 14.7. The van der Waals surface area contributed by atoms with E-state index >= 15 is 0 Å². The summed E-state index contributed by atoms with van der Waals surface area (Å²) in [6.45, 7) is 0. The monoisotopic (exact) mass is 303 g/mol. The van der Waals surface area contributed by atoms with Crippen LogP contribution < -0.4 is 5.43 Å². The van der Waals surface area contributed by atoms with Crippen molar-refractivity contribution >= 4 is 29.4 Å². The predicted octanol–water partition coefficient (Wildman–Crippen LogP) is 3.01. The molecule has 0 saturated heterocycles. The van der Waals surface area contributed by atoms with Crippen LogP contribution in [0.25, 0.3) is 0 Å². The van der Waals surface area contributed by atoms with Crippen molar-refractivity contribution in [1.82, 2.24) is 5.43 Å². The van der Waals surface area contributed by atoms with Gasteiger partial charge in [0.2, 0.25) is 0 Å². The second-order valence-electron chi connectivity index (χ2n) is 4.05. The van der Waals surface area contributed by atoms with Crippen LogP contribution in [0.2, 0.25) is 5.02 Å². The van der Waals surface area contributed by atoms with Gasteiger partial charge in [-0.05, 0) is 29.8 Å². The Bertz CT molecular complexity index is 682. The van der Waals surface area contributed by atoms with Crippen LogP contribution >= 0.6 is 11.6 Å². The molecule has 2 rings (SSSR count). The molecule has 0 atom stereocenters. The van der Waals surface area contributed by atoms with Gasteiger partial charge in [-0.3, -0.25) is 14.9 Å². The molecule has 1 N–H and O–H groups in total. The lowest BCUT2D eigenvalue weighted by Gasteiger charge is -1.99. The minimum absolute atomic E-state index is 0.0729. The number of nitro benzene ring substituents is 1. The van der Waals surface area contributed by atoms with E-state index in [1.165, 1.54) is 30.5 Å². The summed E-state index contributed by atoms with van der Waals surface area (Å²) >= 11 is 5.75. The van der Waals surface area contributed by atoms with Crippen molar-refractivity contribution in [2.75, 3.05) is 0 Å². The SMILES string of the molecule is O=C(NN=Cc1ccc(Cl)cc1)c1ccc([N+](=O)[O-])cc1. The standard InChI is InChI=1S/C14H10ClN3O3/c15-12-5-1-10(2-6-12)9-16-17-14(19)11-3-7-13(8-4-11)18(20)21/h1-9H,(H,17,19). The van der Waals surface area contributed by atoms with Gasteiger partial charge in [0.25, 0.3) is 11.6 Å². The summed E-state index contributed by atoms with van der Waals surface area (Å²) in [7, 11) is 0. The van der Waals surface area contributed by atoms with Gasteiger partial charge < -0.3 is 0 Å². The number of hydrogen-bond donors (Lipinski definition) is 1. The van der Waals surface area contributed by atoms with E-state index in [0.29, 0.717) is 5.02 Å². The number of carbonyl (C=O) groups is 1. The topological polar surface area (TPSA) is 84.6 Å². The van der Waals surface area contributed by atoms with Gasteiger partial charge >= 0.3 is 0 Å². The first-order chi connectivity index (χ1) is 10.1. The zero-order valence-electron chi connectivity index (χ0n) is 10.7. The molecule has 106 valence electrons. The molecule has 6 nitrogen and oxygen atoms in total. The largest absolute Gasteiger partial charge is 0.271 e. The summed E-state index contributed by atoms with van der Waals surface area (Å²) < 4.78 is 0. The van der Waals surface area contributed by atoms with Crippen molar-refractivity contribution < 1.29 is 9.72 Å². The summed E-state index contributed by atoms with van der Waals surface area (Å²) in [5, 5.41) is 14.9. The predicted molar refractivity (Wildman–Crippen MR) is 79.6 cm³/mol. The van der Waals surface area contributed by atoms with Crippen molar-refractivity contribution in [3.8, 4) is 0 Å². The van der Waals surface area contributed by atoms with E-state index in [1.54, 1.807) is 24.3 Å². The number of amides is 1. The first-order valence-corrected chi connectivity index (χ1v) is 6.27. The number of benzene rings is 2. The Hall–Kier alpha value is -2.73. The molecule has 0 bridgehead atoms. The molecule has 0 spiro atoms. The van der Waals surface area contributed by atoms with Gasteiger partial charge in [-0.2, -0.15) is 5.10 Å². The van der Waals surface area contributed by atoms with Gasteiger partial charge in [0.15, 0.2) is 0 Å². The fourth-order valence-corrected chi connectivity index (χ4v) is 1.64. The van der Waals surface area contributed by atoms with Crippen molar-refractivity contribution in [3.05, 3.63) is 74.8 Å². The summed E-state index contributed by atoms with van der Waals surface area (Å²) in [5.74, 6) is -0.449. The van der Waals surface area contributed by atoms with E-state index in [-0.39, 0.29) is 11.3 Å². The minimum atomic E-state index is -0.527. The number of hydrogen-bond acceptors (Lipinski definition) is 4. The highest BCUT2D eigenvalue weighted by Crippen LogP contribution is 2.11. The molecule has 2 aromatic carbocycles. The average Bonchev–Trinajstić information content (AvgIpc) is 2.49. The van der Waals surface area contributed by atoms with E-state index in [2.05, 4.69) is 10.5 Å². The molecule has 2 aromatic rings. The van der Waals surface area contributed by atoms with E-state index in [4.69, 9.17) is 11.6 Å². The highest BCUT2D eigenvalue weighted by atomic mass is 35.5. The number of nitro groups is 1. The summed E-state index contributed by atoms with van der Waals surface area (Å²) in [4.78, 5) is 21.7. The summed E-state index contributed by atoms with van der Waals surface area (Å²) in [6.07, 6.45) is 1.47. The van der Waals surface area contributed by atoms with Gasteiger partial charge in [0, 0.05) is 22.7 Å². The van der Waals surface area contributed by atoms with Crippen molar-refractivity contribution in [2.24, 2.45) is 5.10 Å². The third kappa shape index (κ3) is 4.12. The fourth-order valence-electron chi connectivity index (χ4n) is 1.51. The molecule has 0 radical (unpaired) electrons. The number of nitrogens with one attached hydrogen (secondary N) is 1. The summed E-state index contributed by atoms with van der Waals surface area (Å²) in [5.41, 5.74) is 3.33. The van der Waals surface area contributed by atoms with Crippen molar-refractivity contribution in [2.45, 2.75) is 0 Å². The maximum Gasteiger partial charge on any atom is 0.271 e. The number of nitrogens with zero attached hydrogens (tertiary/aromatic N) is 2. The maximum absolute atomic E-state index is 11.8. The van der Waals surface area contributed by atoms with Crippen molar-refractivity contribution in [3.63, 3.8) is 0 Å². The molecule has 0 aliphatic rings. The molecule has 21 heavy (non-hydrogen) atoms. The maximum atomic E-state index is 11.8. The fraction of sp³-hybridized carbons (Fsp3) is 0. The average molecular weight is 304 g/mol. The molecular weight excluding hydrogens is 294 g/mol. The van der Waals surface area contributed by atoms with E-state index in [9.17, 15) is 14.9 Å². The third-order valence-corrected chi connectivity index (χ3v) is 2.84. The van der Waals surface area contributed by atoms with Gasteiger partial charge in [0.05, 0.1) is 11.1 Å². The zero-order valence-corrected chi connectivity index (χ0v) is 11.4. The molecular formula is C14H10ClN3O3. The van der Waals surface area contributed by atoms with Crippen LogP contribution in [0.5, 0.6) is 0 Å². The third-order valence-electron chi connectivity index (χ3n) is 2.59. The number of carbonyl (C=O) groups excluding carboxylic acids is 1. The lowest BCUT2D eigenvalue weighted by molar-refractivity contribution is -0.384. The lowest BCUT2D eigenvalue weighted by Crippen LogP contribution is -2.17. The Labute approximate surface area is 125 Å². The number of halogens is 1. The van der Waals surface area contributed by atoms with E-state index in [0.717, 1.165) is 5.56 Å². The Morgan fingerprint density at radius 3 is 2.33 bits per heavy atom. The Balaban J connectivity index is 1.98. The van der Waals surface area contributed by atoms with Crippen LogP contribution in [0.15, 0.2) is 53.6 Å². The van der Waals surface area contributed by atoms with Crippen LogP contribution in [-0.4, -0.2) is 17.0 Å². The van der Waals surface area contributed by atoms with Crippen LogP contribution in [0.3, 0.4) is 0 Å². The highest BCUT2D eigenvalue weighted by Gasteiger charge is 2.08. The van der Waals surface area contributed by atoms with Crippen LogP contribution in [0.1, 0.15) is 15.9 Å². The quantitative estimate of drug-likeness (QED) is 0.535.